The number of rotatable bonds is 6. The third-order valence-electron chi connectivity index (χ3n) is 3.49. The van der Waals surface area contributed by atoms with Crippen LogP contribution in [0.2, 0.25) is 0 Å². The molecule has 0 saturated heterocycles. The maximum Gasteiger partial charge on any atom is 0.226 e. The highest BCUT2D eigenvalue weighted by Crippen LogP contribution is 2.22. The summed E-state index contributed by atoms with van der Waals surface area (Å²) < 4.78 is 0. The number of fused-ring (bicyclic) bond motifs is 1. The van der Waals surface area contributed by atoms with E-state index >= 15 is 0 Å². The van der Waals surface area contributed by atoms with E-state index in [1.165, 1.54) is 5.56 Å². The summed E-state index contributed by atoms with van der Waals surface area (Å²) in [6.07, 6.45) is 3.28. The maximum atomic E-state index is 4.56. The summed E-state index contributed by atoms with van der Waals surface area (Å²) >= 11 is 0. The summed E-state index contributed by atoms with van der Waals surface area (Å²) in [6, 6.07) is 8.12. The molecule has 0 aliphatic rings. The Morgan fingerprint density at radius 3 is 2.50 bits per heavy atom. The minimum absolute atomic E-state index is 0.541. The quantitative estimate of drug-likeness (QED) is 0.721. The highest BCUT2D eigenvalue weighted by Gasteiger charge is 2.10. The van der Waals surface area contributed by atoms with E-state index in [1.807, 2.05) is 38.4 Å². The Balaban J connectivity index is 1.90. The lowest BCUT2D eigenvalue weighted by atomic mass is 10.2. The number of anilines is 3. The third kappa shape index (κ3) is 3.94. The van der Waals surface area contributed by atoms with Crippen LogP contribution in [0, 0.1) is 6.92 Å². The van der Waals surface area contributed by atoms with Gasteiger partial charge in [0.2, 0.25) is 5.95 Å². The van der Waals surface area contributed by atoms with Crippen LogP contribution in [-0.4, -0.2) is 52.0 Å². The molecule has 0 fully saturated rings. The molecule has 2 aromatic heterocycles. The second-order valence-electron chi connectivity index (χ2n) is 5.85. The van der Waals surface area contributed by atoms with Crippen molar-refractivity contribution in [1.29, 1.82) is 0 Å². The fraction of sp³-hybridized carbons (Fsp3) is 0.294. The number of hydrogen-bond donors (Lipinski definition) is 2. The van der Waals surface area contributed by atoms with Gasteiger partial charge in [0, 0.05) is 31.2 Å². The normalized spacial score (nSPS) is 11.0. The lowest BCUT2D eigenvalue weighted by Crippen LogP contribution is -2.21. The molecule has 1 aromatic carbocycles. The summed E-state index contributed by atoms with van der Waals surface area (Å²) in [7, 11) is 4.05. The van der Waals surface area contributed by atoms with Crippen molar-refractivity contribution >= 4 is 28.6 Å². The van der Waals surface area contributed by atoms with Crippen molar-refractivity contribution < 1.29 is 0 Å². The molecule has 3 rings (SSSR count). The zero-order chi connectivity index (χ0) is 16.9. The second kappa shape index (κ2) is 7.18. The van der Waals surface area contributed by atoms with Crippen LogP contribution < -0.4 is 10.6 Å². The molecule has 0 bridgehead atoms. The number of aromatic nitrogens is 4. The van der Waals surface area contributed by atoms with Crippen molar-refractivity contribution in [2.24, 2.45) is 0 Å². The summed E-state index contributed by atoms with van der Waals surface area (Å²) in [5.41, 5.74) is 3.37. The molecular formula is C17H21N7. The highest BCUT2D eigenvalue weighted by molar-refractivity contribution is 5.85. The van der Waals surface area contributed by atoms with Gasteiger partial charge in [-0.05, 0) is 33.2 Å². The van der Waals surface area contributed by atoms with Crippen LogP contribution in [0.4, 0.5) is 17.5 Å². The summed E-state index contributed by atoms with van der Waals surface area (Å²) in [5, 5.41) is 6.54. The van der Waals surface area contributed by atoms with Gasteiger partial charge in [0.25, 0.3) is 0 Å². The molecular weight excluding hydrogens is 302 g/mol. The first-order valence-corrected chi connectivity index (χ1v) is 7.83. The van der Waals surface area contributed by atoms with Crippen LogP contribution in [0.25, 0.3) is 11.2 Å². The van der Waals surface area contributed by atoms with Gasteiger partial charge in [0.1, 0.15) is 0 Å². The molecule has 0 atom stereocenters. The smallest absolute Gasteiger partial charge is 0.226 e. The number of nitrogens with one attached hydrogen (secondary N) is 2. The van der Waals surface area contributed by atoms with Gasteiger partial charge in [0.05, 0.1) is 0 Å². The Labute approximate surface area is 141 Å². The largest absolute Gasteiger partial charge is 0.353 e. The van der Waals surface area contributed by atoms with Crippen LogP contribution in [0.5, 0.6) is 0 Å². The van der Waals surface area contributed by atoms with E-state index < -0.39 is 0 Å². The Morgan fingerprint density at radius 1 is 1.00 bits per heavy atom. The Hall–Kier alpha value is -2.80. The van der Waals surface area contributed by atoms with Gasteiger partial charge in [-0.1, -0.05) is 17.7 Å². The molecule has 7 nitrogen and oxygen atoms in total. The van der Waals surface area contributed by atoms with Gasteiger partial charge in [-0.3, -0.25) is 0 Å². The standard InChI is InChI=1S/C17H21N7/c1-12-4-6-13(7-5-12)21-16-14-15(19-9-8-18-14)22-17(23-16)20-10-11-24(2)3/h4-9H,10-11H2,1-3H3,(H2,19,20,21,22,23). The van der Waals surface area contributed by atoms with E-state index in [9.17, 15) is 0 Å². The van der Waals surface area contributed by atoms with E-state index in [0.29, 0.717) is 22.9 Å². The second-order valence-corrected chi connectivity index (χ2v) is 5.85. The molecule has 3 aromatic rings. The Kier molecular flexibility index (Phi) is 4.81. The lowest BCUT2D eigenvalue weighted by Gasteiger charge is -2.12. The first-order chi connectivity index (χ1) is 11.6. The van der Waals surface area contributed by atoms with Gasteiger partial charge in [-0.15, -0.1) is 0 Å². The average molecular weight is 323 g/mol. The van der Waals surface area contributed by atoms with Crippen LogP contribution in [0.1, 0.15) is 5.56 Å². The molecule has 0 aliphatic heterocycles. The van der Waals surface area contributed by atoms with Gasteiger partial charge < -0.3 is 15.5 Å². The fourth-order valence-corrected chi connectivity index (χ4v) is 2.19. The first kappa shape index (κ1) is 16.1. The zero-order valence-corrected chi connectivity index (χ0v) is 14.1. The van der Waals surface area contributed by atoms with Crippen LogP contribution in [-0.2, 0) is 0 Å². The van der Waals surface area contributed by atoms with Gasteiger partial charge in [-0.2, -0.15) is 9.97 Å². The van der Waals surface area contributed by atoms with E-state index in [2.05, 4.69) is 42.4 Å². The van der Waals surface area contributed by atoms with E-state index in [-0.39, 0.29) is 0 Å². The zero-order valence-electron chi connectivity index (χ0n) is 14.1. The van der Waals surface area contributed by atoms with Crippen molar-refractivity contribution in [3.8, 4) is 0 Å². The molecule has 0 aliphatic carbocycles. The number of benzene rings is 1. The predicted octanol–water partition coefficient (Wildman–Crippen LogP) is 2.45. The van der Waals surface area contributed by atoms with Crippen molar-refractivity contribution in [3.05, 3.63) is 42.2 Å². The minimum Gasteiger partial charge on any atom is -0.353 e. The summed E-state index contributed by atoms with van der Waals surface area (Å²) in [6.45, 7) is 3.70. The molecule has 0 amide bonds. The first-order valence-electron chi connectivity index (χ1n) is 7.83. The van der Waals surface area contributed by atoms with Gasteiger partial charge >= 0.3 is 0 Å². The van der Waals surface area contributed by atoms with Crippen LogP contribution in [0.3, 0.4) is 0 Å². The Morgan fingerprint density at radius 2 is 1.75 bits per heavy atom. The molecule has 0 radical (unpaired) electrons. The van der Waals surface area contributed by atoms with Crippen molar-refractivity contribution in [1.82, 2.24) is 24.8 Å². The molecule has 24 heavy (non-hydrogen) atoms. The van der Waals surface area contributed by atoms with Crippen molar-refractivity contribution in [2.45, 2.75) is 6.92 Å². The SMILES string of the molecule is Cc1ccc(Nc2nc(NCCN(C)C)nc3nccnc23)cc1. The van der Waals surface area contributed by atoms with Crippen LogP contribution >= 0.6 is 0 Å². The third-order valence-corrected chi connectivity index (χ3v) is 3.49. The van der Waals surface area contributed by atoms with Crippen molar-refractivity contribution in [2.75, 3.05) is 37.8 Å². The van der Waals surface area contributed by atoms with Crippen molar-refractivity contribution in [3.63, 3.8) is 0 Å². The lowest BCUT2D eigenvalue weighted by molar-refractivity contribution is 0.425. The number of nitrogens with zero attached hydrogens (tertiary/aromatic N) is 5. The number of hydrogen-bond acceptors (Lipinski definition) is 7. The molecule has 2 N–H and O–H groups in total. The average Bonchev–Trinajstić information content (AvgIpc) is 2.57. The summed E-state index contributed by atoms with van der Waals surface area (Å²) in [4.78, 5) is 19.7. The van der Waals surface area contributed by atoms with E-state index in [0.717, 1.165) is 18.8 Å². The molecule has 7 heteroatoms. The molecule has 124 valence electrons. The van der Waals surface area contributed by atoms with Gasteiger partial charge in [-0.25, -0.2) is 9.97 Å². The number of likely N-dealkylation sites (N-methyl/N-ethyl adjacent to an activating group) is 1. The number of aryl methyl sites for hydroxylation is 1. The molecule has 0 unspecified atom stereocenters. The maximum absolute atomic E-state index is 4.56. The topological polar surface area (TPSA) is 78.9 Å². The fourth-order valence-electron chi connectivity index (χ4n) is 2.19. The minimum atomic E-state index is 0.541. The van der Waals surface area contributed by atoms with Crippen LogP contribution in [0.15, 0.2) is 36.7 Å². The Bertz CT molecular complexity index is 815. The molecule has 2 heterocycles. The molecule has 0 spiro atoms. The van der Waals surface area contributed by atoms with Gasteiger partial charge in [0.15, 0.2) is 17.0 Å². The summed E-state index contributed by atoms with van der Waals surface area (Å²) in [5.74, 6) is 1.18. The van der Waals surface area contributed by atoms with E-state index in [4.69, 9.17) is 0 Å². The molecule has 0 saturated carbocycles. The van der Waals surface area contributed by atoms with E-state index in [1.54, 1.807) is 12.4 Å². The predicted molar refractivity (Wildman–Crippen MR) is 96.6 cm³/mol. The highest BCUT2D eigenvalue weighted by atomic mass is 15.2. The monoisotopic (exact) mass is 323 g/mol.